The first-order chi connectivity index (χ1) is 12.5. The van der Waals surface area contributed by atoms with Crippen LogP contribution in [0.1, 0.15) is 27.0 Å². The Labute approximate surface area is 152 Å². The van der Waals surface area contributed by atoms with E-state index in [4.69, 9.17) is 14.6 Å². The van der Waals surface area contributed by atoms with Crippen molar-refractivity contribution >= 4 is 11.9 Å². The molecule has 1 aliphatic heterocycles. The number of hydrogen-bond acceptors (Lipinski definition) is 4. The molecular formula is C20H21NO5. The van der Waals surface area contributed by atoms with Gasteiger partial charge in [-0.1, -0.05) is 18.2 Å². The second kappa shape index (κ2) is 8.01. The molecular weight excluding hydrogens is 334 g/mol. The molecule has 3 rings (SSSR count). The molecule has 0 spiro atoms. The lowest BCUT2D eigenvalue weighted by Gasteiger charge is -2.20. The molecule has 6 heteroatoms. The molecule has 2 aromatic rings. The Kier molecular flexibility index (Phi) is 5.53. The van der Waals surface area contributed by atoms with Crippen molar-refractivity contribution < 1.29 is 24.2 Å². The molecule has 0 atom stereocenters. The predicted octanol–water partition coefficient (Wildman–Crippen LogP) is 2.49. The molecule has 0 saturated carbocycles. The number of carbonyl (C=O) groups excluding carboxylic acids is 1. The molecule has 0 aliphatic carbocycles. The number of rotatable bonds is 6. The van der Waals surface area contributed by atoms with Crippen LogP contribution < -0.4 is 4.74 Å². The van der Waals surface area contributed by atoms with E-state index in [-0.39, 0.29) is 12.5 Å². The average Bonchev–Trinajstić information content (AvgIpc) is 2.66. The molecule has 0 radical (unpaired) electrons. The van der Waals surface area contributed by atoms with Crippen LogP contribution in [0.2, 0.25) is 0 Å². The minimum Gasteiger partial charge on any atom is -0.482 e. The zero-order valence-electron chi connectivity index (χ0n) is 14.6. The Morgan fingerprint density at radius 2 is 1.92 bits per heavy atom. The first-order valence-electron chi connectivity index (χ1n) is 8.41. The molecule has 0 bridgehead atoms. The Bertz CT molecular complexity index is 800. The van der Waals surface area contributed by atoms with E-state index >= 15 is 0 Å². The quantitative estimate of drug-likeness (QED) is 0.862. The van der Waals surface area contributed by atoms with Gasteiger partial charge in [0.2, 0.25) is 0 Å². The number of benzene rings is 2. The Morgan fingerprint density at radius 1 is 1.15 bits per heavy atom. The monoisotopic (exact) mass is 355 g/mol. The summed E-state index contributed by atoms with van der Waals surface area (Å²) in [5, 5.41) is 8.62. The molecule has 2 aromatic carbocycles. The van der Waals surface area contributed by atoms with E-state index < -0.39 is 5.97 Å². The molecule has 0 unspecified atom stereocenters. The van der Waals surface area contributed by atoms with E-state index in [1.165, 1.54) is 5.56 Å². The predicted molar refractivity (Wildman–Crippen MR) is 95.2 cm³/mol. The molecule has 26 heavy (non-hydrogen) atoms. The van der Waals surface area contributed by atoms with Gasteiger partial charge in [-0.05, 0) is 47.4 Å². The summed E-state index contributed by atoms with van der Waals surface area (Å²) in [6.07, 6.45) is 0.831. The third-order valence-electron chi connectivity index (χ3n) is 4.28. The number of carbonyl (C=O) groups is 2. The maximum Gasteiger partial charge on any atom is 0.341 e. The van der Waals surface area contributed by atoms with Crippen LogP contribution in [0.25, 0.3) is 0 Å². The van der Waals surface area contributed by atoms with Crippen LogP contribution in [0, 0.1) is 0 Å². The van der Waals surface area contributed by atoms with Crippen molar-refractivity contribution in [3.05, 3.63) is 64.7 Å². The van der Waals surface area contributed by atoms with Gasteiger partial charge in [-0.25, -0.2) is 4.79 Å². The van der Waals surface area contributed by atoms with E-state index in [2.05, 4.69) is 0 Å². The third kappa shape index (κ3) is 4.40. The molecule has 1 amide bonds. The highest BCUT2D eigenvalue weighted by Gasteiger charge is 2.16. The van der Waals surface area contributed by atoms with Crippen molar-refractivity contribution in [2.45, 2.75) is 19.6 Å². The van der Waals surface area contributed by atoms with E-state index in [1.54, 1.807) is 24.1 Å². The standard InChI is InChI=1S/C20H21NO5/c1-21(11-14-2-6-18(7-3-14)26-13-19(22)23)20(24)16-4-5-17-12-25-9-8-15(17)10-16/h2-7,10H,8-9,11-13H2,1H3,(H,22,23). The number of carboxylic acids is 1. The molecule has 0 saturated heterocycles. The lowest BCUT2D eigenvalue weighted by Crippen LogP contribution is -2.26. The Balaban J connectivity index is 1.63. The fourth-order valence-corrected chi connectivity index (χ4v) is 2.90. The van der Waals surface area contributed by atoms with Crippen LogP contribution in [-0.2, 0) is 29.1 Å². The molecule has 1 N–H and O–H groups in total. The highest BCUT2D eigenvalue weighted by atomic mass is 16.5. The second-order valence-electron chi connectivity index (χ2n) is 6.27. The molecule has 0 fully saturated rings. The number of amides is 1. The molecule has 6 nitrogen and oxygen atoms in total. The lowest BCUT2D eigenvalue weighted by atomic mass is 10.00. The first kappa shape index (κ1) is 17.9. The maximum atomic E-state index is 12.7. The van der Waals surface area contributed by atoms with Gasteiger partial charge in [0.25, 0.3) is 5.91 Å². The van der Waals surface area contributed by atoms with Crippen LogP contribution in [-0.4, -0.2) is 42.1 Å². The molecule has 136 valence electrons. The molecule has 1 heterocycles. The fraction of sp³-hybridized carbons (Fsp3) is 0.300. The van der Waals surface area contributed by atoms with Gasteiger partial charge >= 0.3 is 5.97 Å². The molecule has 0 aromatic heterocycles. The number of hydrogen-bond donors (Lipinski definition) is 1. The lowest BCUT2D eigenvalue weighted by molar-refractivity contribution is -0.139. The average molecular weight is 355 g/mol. The van der Waals surface area contributed by atoms with Gasteiger partial charge in [-0.3, -0.25) is 4.79 Å². The summed E-state index contributed by atoms with van der Waals surface area (Å²) in [5.41, 5.74) is 3.94. The van der Waals surface area contributed by atoms with Gasteiger partial charge in [0.1, 0.15) is 5.75 Å². The van der Waals surface area contributed by atoms with Crippen molar-refractivity contribution in [1.82, 2.24) is 4.90 Å². The summed E-state index contributed by atoms with van der Waals surface area (Å²) in [6.45, 7) is 1.38. The smallest absolute Gasteiger partial charge is 0.341 e. The Morgan fingerprint density at radius 3 is 2.65 bits per heavy atom. The van der Waals surface area contributed by atoms with Crippen molar-refractivity contribution in [3.63, 3.8) is 0 Å². The number of ether oxygens (including phenoxy) is 2. The summed E-state index contributed by atoms with van der Waals surface area (Å²) in [4.78, 5) is 24.9. The second-order valence-corrected chi connectivity index (χ2v) is 6.27. The van der Waals surface area contributed by atoms with E-state index in [0.717, 1.165) is 17.5 Å². The summed E-state index contributed by atoms with van der Waals surface area (Å²) in [7, 11) is 1.76. The van der Waals surface area contributed by atoms with Crippen LogP contribution in [0.4, 0.5) is 0 Å². The summed E-state index contributed by atoms with van der Waals surface area (Å²) in [6, 6.07) is 12.8. The Hall–Kier alpha value is -2.86. The number of carboxylic acid groups (broad SMARTS) is 1. The van der Waals surface area contributed by atoms with Gasteiger partial charge in [0, 0.05) is 19.2 Å². The van der Waals surface area contributed by atoms with Crippen molar-refractivity contribution in [3.8, 4) is 5.75 Å². The zero-order chi connectivity index (χ0) is 18.5. The van der Waals surface area contributed by atoms with Crippen LogP contribution in [0.5, 0.6) is 5.75 Å². The summed E-state index contributed by atoms with van der Waals surface area (Å²) < 4.78 is 10.5. The largest absolute Gasteiger partial charge is 0.482 e. The van der Waals surface area contributed by atoms with E-state index in [1.807, 2.05) is 30.3 Å². The van der Waals surface area contributed by atoms with E-state index in [0.29, 0.717) is 31.1 Å². The van der Waals surface area contributed by atoms with Crippen molar-refractivity contribution in [2.24, 2.45) is 0 Å². The van der Waals surface area contributed by atoms with Gasteiger partial charge < -0.3 is 19.5 Å². The zero-order valence-corrected chi connectivity index (χ0v) is 14.6. The van der Waals surface area contributed by atoms with Gasteiger partial charge in [-0.15, -0.1) is 0 Å². The summed E-state index contributed by atoms with van der Waals surface area (Å²) in [5.74, 6) is -0.566. The maximum absolute atomic E-state index is 12.7. The highest BCUT2D eigenvalue weighted by Crippen LogP contribution is 2.20. The summed E-state index contributed by atoms with van der Waals surface area (Å²) >= 11 is 0. The van der Waals surface area contributed by atoms with Crippen LogP contribution in [0.3, 0.4) is 0 Å². The van der Waals surface area contributed by atoms with Crippen LogP contribution in [0.15, 0.2) is 42.5 Å². The first-order valence-corrected chi connectivity index (χ1v) is 8.41. The minimum absolute atomic E-state index is 0.0366. The fourth-order valence-electron chi connectivity index (χ4n) is 2.90. The topological polar surface area (TPSA) is 76.1 Å². The number of aliphatic carboxylic acids is 1. The van der Waals surface area contributed by atoms with Gasteiger partial charge in [0.15, 0.2) is 6.61 Å². The minimum atomic E-state index is -1.02. The van der Waals surface area contributed by atoms with E-state index in [9.17, 15) is 9.59 Å². The SMILES string of the molecule is CN(Cc1ccc(OCC(=O)O)cc1)C(=O)c1ccc2c(c1)CCOC2. The van der Waals surface area contributed by atoms with Crippen LogP contribution >= 0.6 is 0 Å². The molecule has 1 aliphatic rings. The number of fused-ring (bicyclic) bond motifs is 1. The normalized spacial score (nSPS) is 13.0. The van der Waals surface area contributed by atoms with Gasteiger partial charge in [0.05, 0.1) is 13.2 Å². The highest BCUT2D eigenvalue weighted by molar-refractivity contribution is 5.94. The van der Waals surface area contributed by atoms with Gasteiger partial charge in [-0.2, -0.15) is 0 Å². The van der Waals surface area contributed by atoms with Crippen molar-refractivity contribution in [1.29, 1.82) is 0 Å². The van der Waals surface area contributed by atoms with Crippen molar-refractivity contribution in [2.75, 3.05) is 20.3 Å². The third-order valence-corrected chi connectivity index (χ3v) is 4.28. The number of nitrogens with zero attached hydrogens (tertiary/aromatic N) is 1.